The van der Waals surface area contributed by atoms with Crippen LogP contribution in [-0.4, -0.2) is 139 Å². The molecule has 0 amide bonds. The highest BCUT2D eigenvalue weighted by Gasteiger charge is 2.47. The zero-order valence-electron chi connectivity index (χ0n) is 44.5. The van der Waals surface area contributed by atoms with Crippen molar-refractivity contribution < 1.29 is 77.2 Å². The van der Waals surface area contributed by atoms with Crippen molar-refractivity contribution in [1.82, 2.24) is 18.9 Å². The summed E-state index contributed by atoms with van der Waals surface area (Å²) >= 11 is 0. The van der Waals surface area contributed by atoms with Crippen molar-refractivity contribution >= 4 is 109 Å². The fourth-order valence-corrected chi connectivity index (χ4v) is 16.5. The number of hydrogen-bond acceptors (Lipinski definition) is 15. The summed E-state index contributed by atoms with van der Waals surface area (Å²) < 4.78 is 219. The molecule has 2 aliphatic rings. The highest BCUT2D eigenvalue weighted by atomic mass is 32.2. The smallest absolute Gasteiger partial charge is 0.266 e. The van der Waals surface area contributed by atoms with Gasteiger partial charge in [0.1, 0.15) is 6.54 Å². The number of nitrogens with zero attached hydrogens (tertiary/aromatic N) is 2. The van der Waals surface area contributed by atoms with E-state index in [2.05, 4.69) is 23.8 Å². The molecule has 0 radical (unpaired) electrons. The van der Waals surface area contributed by atoms with Crippen LogP contribution in [-0.2, 0) is 81.3 Å². The van der Waals surface area contributed by atoms with Gasteiger partial charge in [0.15, 0.2) is 5.71 Å². The molecule has 6 rings (SSSR count). The summed E-state index contributed by atoms with van der Waals surface area (Å²) in [5, 5.41) is 0.774. The SMILES string of the molecule is CCCCCN1/C(=C/C=C/C=C/C2=[N+](CCCS(=O)(=O)O)c3ccc4c(S(=O)(=O)NCCS(=O)(=O)O)cc(S(=O)(=O)NCC)cc4c3C2(C)C)C(C)(C)c2c1ccc1c(S(=O)(=O)NCC)cc(S(=O)(=O)NCCS(=O)(=O)O)cc21. The van der Waals surface area contributed by atoms with E-state index in [1.165, 1.54) is 25.1 Å². The summed E-state index contributed by atoms with van der Waals surface area (Å²) in [4.78, 5) is 0.366. The van der Waals surface area contributed by atoms with E-state index in [9.17, 15) is 72.6 Å². The van der Waals surface area contributed by atoms with Crippen molar-refractivity contribution in [3.63, 3.8) is 0 Å². The number of fused-ring (bicyclic) bond motifs is 6. The maximum absolute atomic E-state index is 13.9. The minimum Gasteiger partial charge on any atom is -0.344 e. The second-order valence-electron chi connectivity index (χ2n) is 19.9. The van der Waals surface area contributed by atoms with Gasteiger partial charge >= 0.3 is 0 Å². The van der Waals surface area contributed by atoms with Crippen LogP contribution in [0.5, 0.6) is 0 Å². The summed E-state index contributed by atoms with van der Waals surface area (Å²) in [5.74, 6) is -2.51. The van der Waals surface area contributed by atoms with Gasteiger partial charge in [-0.05, 0) is 79.1 Å². The van der Waals surface area contributed by atoms with E-state index in [1.807, 2.05) is 26.8 Å². The maximum atomic E-state index is 13.9. The first kappa shape index (κ1) is 63.6. The van der Waals surface area contributed by atoms with Crippen LogP contribution >= 0.6 is 0 Å². The zero-order chi connectivity index (χ0) is 59.0. The summed E-state index contributed by atoms with van der Waals surface area (Å²) in [7, 11) is -31.4. The molecule has 2 aliphatic heterocycles. The van der Waals surface area contributed by atoms with Crippen molar-refractivity contribution in [3.8, 4) is 0 Å². The molecule has 0 aromatic heterocycles. The lowest BCUT2D eigenvalue weighted by Gasteiger charge is -2.27. The van der Waals surface area contributed by atoms with Crippen molar-refractivity contribution in [2.75, 3.05) is 61.4 Å². The summed E-state index contributed by atoms with van der Waals surface area (Å²) in [6.07, 6.45) is 11.2. The van der Waals surface area contributed by atoms with Gasteiger partial charge in [0.25, 0.3) is 30.4 Å². The Bertz CT molecular complexity index is 4030. The highest BCUT2D eigenvalue weighted by molar-refractivity contribution is 7.91. The average molecular weight is 1240 g/mol. The first-order valence-corrected chi connectivity index (χ1v) is 35.7. The third kappa shape index (κ3) is 14.4. The van der Waals surface area contributed by atoms with E-state index in [0.717, 1.165) is 37.1 Å². The number of anilines is 1. The van der Waals surface area contributed by atoms with Crippen LogP contribution in [0.3, 0.4) is 0 Å². The van der Waals surface area contributed by atoms with E-state index >= 15 is 0 Å². The lowest BCUT2D eigenvalue weighted by molar-refractivity contribution is -0.437. The Morgan fingerprint density at radius 3 is 1.56 bits per heavy atom. The molecule has 23 nitrogen and oxygen atoms in total. The minimum absolute atomic E-state index is 0.0151. The molecule has 2 heterocycles. The van der Waals surface area contributed by atoms with Crippen LogP contribution in [0.25, 0.3) is 21.5 Å². The predicted molar refractivity (Wildman–Crippen MR) is 303 cm³/mol. The lowest BCUT2D eigenvalue weighted by atomic mass is 9.79. The van der Waals surface area contributed by atoms with Gasteiger partial charge in [0.05, 0.1) is 42.3 Å². The Morgan fingerprint density at radius 1 is 0.532 bits per heavy atom. The number of unbranched alkanes of at least 4 members (excludes halogenated alkanes) is 2. The quantitative estimate of drug-likeness (QED) is 0.0186. The van der Waals surface area contributed by atoms with Gasteiger partial charge in [-0.3, -0.25) is 13.7 Å². The number of benzene rings is 4. The maximum Gasteiger partial charge on any atom is 0.266 e. The van der Waals surface area contributed by atoms with E-state index in [-0.39, 0.29) is 47.1 Å². The fraction of sp³-hybridized carbons (Fsp3) is 0.449. The zero-order valence-corrected chi connectivity index (χ0v) is 50.2. The Balaban J connectivity index is 1.50. The molecule has 0 spiro atoms. The van der Waals surface area contributed by atoms with Crippen molar-refractivity contribution in [1.29, 1.82) is 0 Å². The molecule has 0 bridgehead atoms. The van der Waals surface area contributed by atoms with Crippen LogP contribution in [0.15, 0.2) is 104 Å². The molecule has 0 unspecified atom stereocenters. The van der Waals surface area contributed by atoms with Crippen molar-refractivity contribution in [2.24, 2.45) is 0 Å². The molecule has 4 aromatic carbocycles. The van der Waals surface area contributed by atoms with Gasteiger partial charge in [-0.25, -0.2) is 52.6 Å². The van der Waals surface area contributed by atoms with Gasteiger partial charge in [-0.1, -0.05) is 71.8 Å². The molecule has 0 saturated carbocycles. The van der Waals surface area contributed by atoms with E-state index in [4.69, 9.17) is 0 Å². The number of nitrogens with one attached hydrogen (secondary N) is 4. The first-order chi connectivity index (χ1) is 36.4. The van der Waals surface area contributed by atoms with Gasteiger partial charge in [0.2, 0.25) is 45.8 Å². The normalized spacial score (nSPS) is 16.8. The van der Waals surface area contributed by atoms with Gasteiger partial charge in [-0.2, -0.15) is 29.8 Å². The summed E-state index contributed by atoms with van der Waals surface area (Å²) in [6.45, 7) is 11.6. The molecule has 0 atom stereocenters. The monoisotopic (exact) mass is 1240 g/mol. The van der Waals surface area contributed by atoms with Crippen molar-refractivity contribution in [3.05, 3.63) is 95.7 Å². The van der Waals surface area contributed by atoms with Crippen LogP contribution in [0.1, 0.15) is 85.3 Å². The standard InChI is InChI=1S/C49H66N6O17S7/c1-8-11-15-25-54-40-21-19-36-39(31-35(33-42(36)78(69,70)51-10-3)77(67,68)52-23-28-74(59,60)61)46(40)48(4,5)44(54)17-13-12-14-18-45-49(6,7)47-38-30-34(76(65,66)50-9-2)32-43(79(71,72)53-24-29-75(62,63)64)37(38)20-22-41(47)55(45)26-16-27-73(56,57)58/h12-14,17-22,30-33,50-53H,8-11,15-16,23-29H2,1-7H3,(H2-,56,57,58,59,60,61,62,63,64)/p+1. The number of sulfonamides is 4. The van der Waals surface area contributed by atoms with Gasteiger partial charge in [-0.15, -0.1) is 0 Å². The minimum atomic E-state index is -4.66. The van der Waals surface area contributed by atoms with E-state index in [0.29, 0.717) is 40.1 Å². The molecule has 0 aliphatic carbocycles. The number of allylic oxidation sites excluding steroid dienone is 6. The largest absolute Gasteiger partial charge is 0.344 e. The number of hydrogen-bond donors (Lipinski definition) is 7. The fourth-order valence-electron chi connectivity index (χ4n) is 10.1. The van der Waals surface area contributed by atoms with Gasteiger partial charge < -0.3 is 4.90 Å². The number of rotatable bonds is 27. The summed E-state index contributed by atoms with van der Waals surface area (Å²) in [5.41, 5.74) is 1.52. The van der Waals surface area contributed by atoms with E-state index < -0.39 is 126 Å². The molecule has 436 valence electrons. The van der Waals surface area contributed by atoms with Crippen LogP contribution in [0.4, 0.5) is 11.4 Å². The Morgan fingerprint density at radius 2 is 1.03 bits per heavy atom. The lowest BCUT2D eigenvalue weighted by Crippen LogP contribution is -2.30. The van der Waals surface area contributed by atoms with E-state index in [1.54, 1.807) is 67.8 Å². The van der Waals surface area contributed by atoms with Crippen LogP contribution in [0, 0.1) is 0 Å². The molecular weight excluding hydrogens is 1170 g/mol. The van der Waals surface area contributed by atoms with Crippen LogP contribution in [0.2, 0.25) is 0 Å². The van der Waals surface area contributed by atoms with Crippen molar-refractivity contribution in [2.45, 2.75) is 105 Å². The third-order valence-corrected chi connectivity index (χ3v) is 21.8. The molecule has 79 heavy (non-hydrogen) atoms. The summed E-state index contributed by atoms with van der Waals surface area (Å²) in [6, 6.07) is 11.1. The molecular formula is C49H67N6O17S7+. The van der Waals surface area contributed by atoms with Crippen LogP contribution < -0.4 is 23.8 Å². The third-order valence-electron chi connectivity index (χ3n) is 13.5. The van der Waals surface area contributed by atoms with Gasteiger partial charge in [0, 0.05) is 84.4 Å². The molecule has 7 N–H and O–H groups in total. The molecule has 0 fully saturated rings. The second-order valence-corrected chi connectivity index (χ2v) is 31.6. The molecule has 30 heteroatoms. The average Bonchev–Trinajstić information content (AvgIpc) is 3.95. The highest BCUT2D eigenvalue weighted by Crippen LogP contribution is 2.52. The molecule has 4 aromatic rings. The first-order valence-electron chi connectivity index (χ1n) is 25.0. The Hall–Kier alpha value is -4.54. The predicted octanol–water partition coefficient (Wildman–Crippen LogP) is 4.56. The Kier molecular flexibility index (Phi) is 19.1. The second kappa shape index (κ2) is 23.7. The molecule has 0 saturated heterocycles. The Labute approximate surface area is 463 Å². The topological polar surface area (TPSA) is 354 Å².